The van der Waals surface area contributed by atoms with Gasteiger partial charge in [-0.1, -0.05) is 78.9 Å². The van der Waals surface area contributed by atoms with Crippen LogP contribution in [0.25, 0.3) is 0 Å². The van der Waals surface area contributed by atoms with Crippen molar-refractivity contribution in [2.75, 3.05) is 0 Å². The van der Waals surface area contributed by atoms with Gasteiger partial charge >= 0.3 is 0 Å². The summed E-state index contributed by atoms with van der Waals surface area (Å²) in [6.45, 7) is 0. The highest BCUT2D eigenvalue weighted by molar-refractivity contribution is 6.21. The predicted molar refractivity (Wildman–Crippen MR) is 98.1 cm³/mol. The van der Waals surface area contributed by atoms with Crippen LogP contribution in [0.15, 0.2) is 91.0 Å². The van der Waals surface area contributed by atoms with Crippen LogP contribution in [0, 0.1) is 0 Å². The van der Waals surface area contributed by atoms with E-state index in [9.17, 15) is 4.79 Å². The third-order valence-corrected chi connectivity index (χ3v) is 4.40. The molecule has 0 saturated carbocycles. The summed E-state index contributed by atoms with van der Waals surface area (Å²) >= 11 is 6.72. The minimum atomic E-state index is -0.360. The molecule has 0 saturated heterocycles. The molecule has 24 heavy (non-hydrogen) atoms. The minimum absolute atomic E-state index is 0.133. The normalized spacial score (nSPS) is 13.0. The number of carbonyl (C=O) groups is 1. The second-order valence-electron chi connectivity index (χ2n) is 5.54. The summed E-state index contributed by atoms with van der Waals surface area (Å²) in [6, 6.07) is 28.5. The molecule has 0 aliphatic carbocycles. The number of benzene rings is 3. The van der Waals surface area contributed by atoms with Crippen molar-refractivity contribution >= 4 is 17.5 Å². The van der Waals surface area contributed by atoms with Crippen molar-refractivity contribution in [3.05, 3.63) is 108 Å². The second kappa shape index (κ2) is 7.80. The first kappa shape index (κ1) is 16.3. The summed E-state index contributed by atoms with van der Waals surface area (Å²) in [7, 11) is 0. The molecule has 2 nitrogen and oxygen atoms in total. The van der Waals surface area contributed by atoms with Crippen LogP contribution in [0.5, 0.6) is 0 Å². The second-order valence-corrected chi connectivity index (χ2v) is 6.01. The van der Waals surface area contributed by atoms with Gasteiger partial charge < -0.3 is 5.32 Å². The van der Waals surface area contributed by atoms with Gasteiger partial charge in [0.1, 0.15) is 0 Å². The van der Waals surface area contributed by atoms with Crippen molar-refractivity contribution in [1.29, 1.82) is 0 Å². The van der Waals surface area contributed by atoms with Gasteiger partial charge in [0, 0.05) is 5.56 Å². The average Bonchev–Trinajstić information content (AvgIpc) is 2.67. The first-order chi connectivity index (χ1) is 11.8. The number of halogens is 1. The Morgan fingerprint density at radius 1 is 0.708 bits per heavy atom. The van der Waals surface area contributed by atoms with Crippen LogP contribution >= 0.6 is 11.6 Å². The zero-order chi connectivity index (χ0) is 16.8. The number of alkyl halides is 1. The fourth-order valence-corrected chi connectivity index (χ4v) is 2.98. The van der Waals surface area contributed by atoms with Gasteiger partial charge in [-0.05, 0) is 23.3 Å². The first-order valence-corrected chi connectivity index (χ1v) is 8.29. The number of hydrogen-bond donors (Lipinski definition) is 1. The molecule has 3 rings (SSSR count). The van der Waals surface area contributed by atoms with Crippen molar-refractivity contribution in [1.82, 2.24) is 5.32 Å². The summed E-state index contributed by atoms with van der Waals surface area (Å²) < 4.78 is 0. The molecule has 0 radical (unpaired) electrons. The van der Waals surface area contributed by atoms with Crippen molar-refractivity contribution < 1.29 is 4.79 Å². The predicted octanol–water partition coefficient (Wildman–Crippen LogP) is 5.14. The topological polar surface area (TPSA) is 29.1 Å². The zero-order valence-electron chi connectivity index (χ0n) is 13.1. The maximum Gasteiger partial charge on any atom is 0.251 e. The van der Waals surface area contributed by atoms with Gasteiger partial charge in [0.05, 0.1) is 11.4 Å². The van der Waals surface area contributed by atoms with Crippen LogP contribution in [0.3, 0.4) is 0 Å². The van der Waals surface area contributed by atoms with Gasteiger partial charge in [-0.3, -0.25) is 4.79 Å². The van der Waals surface area contributed by atoms with E-state index in [-0.39, 0.29) is 17.3 Å². The number of hydrogen-bond acceptors (Lipinski definition) is 1. The molecule has 0 bridgehead atoms. The van der Waals surface area contributed by atoms with E-state index in [0.29, 0.717) is 5.56 Å². The number of carbonyl (C=O) groups excluding carboxylic acids is 1. The van der Waals surface area contributed by atoms with E-state index in [0.717, 1.165) is 11.1 Å². The average molecular weight is 336 g/mol. The molecule has 1 amide bonds. The first-order valence-electron chi connectivity index (χ1n) is 7.85. The molecule has 0 unspecified atom stereocenters. The van der Waals surface area contributed by atoms with E-state index in [1.54, 1.807) is 12.1 Å². The van der Waals surface area contributed by atoms with E-state index in [4.69, 9.17) is 11.6 Å². The van der Waals surface area contributed by atoms with Crippen LogP contribution in [-0.4, -0.2) is 5.91 Å². The third kappa shape index (κ3) is 3.84. The van der Waals surface area contributed by atoms with E-state index in [1.165, 1.54) is 0 Å². The van der Waals surface area contributed by atoms with Gasteiger partial charge in [0.15, 0.2) is 0 Å². The standard InChI is InChI=1S/C21H18ClNO/c22-19(16-10-4-1-5-11-16)20(17-12-6-2-7-13-17)23-21(24)18-14-8-3-9-15-18/h1-15,19-20H,(H,23,24)/t19-,20-/m0/s1. The summed E-state index contributed by atoms with van der Waals surface area (Å²) in [6.07, 6.45) is 0. The Hall–Kier alpha value is -2.58. The van der Waals surface area contributed by atoms with E-state index < -0.39 is 0 Å². The zero-order valence-corrected chi connectivity index (χ0v) is 13.9. The Morgan fingerprint density at radius 2 is 1.17 bits per heavy atom. The maximum atomic E-state index is 12.6. The van der Waals surface area contributed by atoms with Gasteiger partial charge in [-0.2, -0.15) is 0 Å². The maximum absolute atomic E-state index is 12.6. The SMILES string of the molecule is O=C(N[C@@H](c1ccccc1)[C@@H](Cl)c1ccccc1)c1ccccc1. The summed E-state index contributed by atoms with van der Waals surface area (Å²) in [5.41, 5.74) is 2.57. The smallest absolute Gasteiger partial charge is 0.251 e. The molecule has 120 valence electrons. The third-order valence-electron chi connectivity index (χ3n) is 3.89. The lowest BCUT2D eigenvalue weighted by atomic mass is 9.98. The van der Waals surface area contributed by atoms with E-state index in [2.05, 4.69) is 5.32 Å². The molecular weight excluding hydrogens is 318 g/mol. The fourth-order valence-electron chi connectivity index (χ4n) is 2.63. The number of amides is 1. The highest BCUT2D eigenvalue weighted by Crippen LogP contribution is 2.34. The summed E-state index contributed by atoms with van der Waals surface area (Å²) in [4.78, 5) is 12.6. The molecule has 0 spiro atoms. The molecule has 0 fully saturated rings. The minimum Gasteiger partial charge on any atom is -0.343 e. The highest BCUT2D eigenvalue weighted by atomic mass is 35.5. The fraction of sp³-hybridized carbons (Fsp3) is 0.0952. The summed E-state index contributed by atoms with van der Waals surface area (Å²) in [5.74, 6) is -0.133. The number of nitrogens with one attached hydrogen (secondary N) is 1. The van der Waals surface area contributed by atoms with Gasteiger partial charge in [-0.15, -0.1) is 11.6 Å². The largest absolute Gasteiger partial charge is 0.343 e. The Labute approximate surface area is 147 Å². The molecule has 2 atom stereocenters. The lowest BCUT2D eigenvalue weighted by molar-refractivity contribution is 0.0935. The Bertz CT molecular complexity index is 775. The van der Waals surface area contributed by atoms with Crippen LogP contribution < -0.4 is 5.32 Å². The van der Waals surface area contributed by atoms with Gasteiger partial charge in [-0.25, -0.2) is 0 Å². The molecule has 3 aromatic rings. The van der Waals surface area contributed by atoms with Crippen LogP contribution in [0.2, 0.25) is 0 Å². The lowest BCUT2D eigenvalue weighted by Crippen LogP contribution is -2.31. The molecule has 0 aliphatic rings. The van der Waals surface area contributed by atoms with E-state index in [1.807, 2.05) is 78.9 Å². The number of rotatable bonds is 5. The van der Waals surface area contributed by atoms with Crippen molar-refractivity contribution in [2.24, 2.45) is 0 Å². The molecule has 3 heteroatoms. The summed E-state index contributed by atoms with van der Waals surface area (Å²) in [5, 5.41) is 2.72. The van der Waals surface area contributed by atoms with Crippen molar-refractivity contribution in [3.8, 4) is 0 Å². The molecule has 0 aromatic heterocycles. The quantitative estimate of drug-likeness (QED) is 0.643. The van der Waals surface area contributed by atoms with E-state index >= 15 is 0 Å². The highest BCUT2D eigenvalue weighted by Gasteiger charge is 2.24. The Kier molecular flexibility index (Phi) is 5.29. The van der Waals surface area contributed by atoms with Crippen LogP contribution in [0.1, 0.15) is 32.9 Å². The Morgan fingerprint density at radius 3 is 1.71 bits per heavy atom. The molecule has 0 heterocycles. The van der Waals surface area contributed by atoms with Crippen LogP contribution in [0.4, 0.5) is 0 Å². The molecule has 3 aromatic carbocycles. The molecular formula is C21H18ClNO. The van der Waals surface area contributed by atoms with Gasteiger partial charge in [0.2, 0.25) is 0 Å². The molecule has 1 N–H and O–H groups in total. The monoisotopic (exact) mass is 335 g/mol. The lowest BCUT2D eigenvalue weighted by Gasteiger charge is -2.24. The van der Waals surface area contributed by atoms with Gasteiger partial charge in [0.25, 0.3) is 5.91 Å². The molecule has 0 aliphatic heterocycles. The van der Waals surface area contributed by atoms with Crippen molar-refractivity contribution in [3.63, 3.8) is 0 Å². The van der Waals surface area contributed by atoms with Crippen molar-refractivity contribution in [2.45, 2.75) is 11.4 Å². The Balaban J connectivity index is 1.90. The van der Waals surface area contributed by atoms with Crippen LogP contribution in [-0.2, 0) is 0 Å².